The highest BCUT2D eigenvalue weighted by molar-refractivity contribution is 5.92. The van der Waals surface area contributed by atoms with E-state index in [0.717, 1.165) is 23.3 Å². The van der Waals surface area contributed by atoms with Crippen LogP contribution in [-0.2, 0) is 4.79 Å². The van der Waals surface area contributed by atoms with Gasteiger partial charge in [0.1, 0.15) is 0 Å². The monoisotopic (exact) mass is 281 g/mol. The second kappa shape index (κ2) is 5.01. The molecule has 4 bridgehead atoms. The number of hydrogen-bond acceptors (Lipinski definition) is 1. The highest BCUT2D eigenvalue weighted by atomic mass is 16.1. The first-order chi connectivity index (χ1) is 10.2. The van der Waals surface area contributed by atoms with Gasteiger partial charge in [-0.05, 0) is 67.9 Å². The maximum atomic E-state index is 12.3. The third-order valence-corrected chi connectivity index (χ3v) is 5.65. The Labute approximate surface area is 126 Å². The molecule has 5 rings (SSSR count). The van der Waals surface area contributed by atoms with E-state index >= 15 is 0 Å². The first kappa shape index (κ1) is 13.1. The van der Waals surface area contributed by atoms with Crippen molar-refractivity contribution in [3.05, 3.63) is 42.0 Å². The van der Waals surface area contributed by atoms with Crippen LogP contribution in [-0.4, -0.2) is 11.4 Å². The van der Waals surface area contributed by atoms with Crippen molar-refractivity contribution in [2.45, 2.75) is 44.1 Å². The predicted molar refractivity (Wildman–Crippen MR) is 84.5 cm³/mol. The standard InChI is InChI=1S/C19H23NO/c21-18(7-6-14-4-2-1-3-5-14)20-19-11-15-8-16(12-19)10-17(9-15)13-19/h1-7,15-17H,8-13H2,(H,20,21)/b7-6+. The van der Waals surface area contributed by atoms with Gasteiger partial charge in [0.05, 0.1) is 0 Å². The fraction of sp³-hybridized carbons (Fsp3) is 0.526. The van der Waals surface area contributed by atoms with Crippen molar-refractivity contribution in [3.63, 3.8) is 0 Å². The van der Waals surface area contributed by atoms with E-state index in [-0.39, 0.29) is 11.4 Å². The Hall–Kier alpha value is -1.57. The number of nitrogens with one attached hydrogen (secondary N) is 1. The van der Waals surface area contributed by atoms with Crippen molar-refractivity contribution >= 4 is 12.0 Å². The summed E-state index contributed by atoms with van der Waals surface area (Å²) >= 11 is 0. The van der Waals surface area contributed by atoms with E-state index in [1.807, 2.05) is 36.4 Å². The number of rotatable bonds is 3. The topological polar surface area (TPSA) is 29.1 Å². The Morgan fingerprint density at radius 1 is 1.00 bits per heavy atom. The average Bonchev–Trinajstić information content (AvgIpc) is 2.44. The molecule has 4 saturated carbocycles. The maximum absolute atomic E-state index is 12.3. The molecule has 4 fully saturated rings. The van der Waals surface area contributed by atoms with Crippen LogP contribution >= 0.6 is 0 Å². The Kier molecular flexibility index (Phi) is 3.13. The molecule has 2 nitrogen and oxygen atoms in total. The van der Waals surface area contributed by atoms with Crippen LogP contribution in [0.5, 0.6) is 0 Å². The smallest absolute Gasteiger partial charge is 0.244 e. The van der Waals surface area contributed by atoms with E-state index in [1.54, 1.807) is 6.08 Å². The summed E-state index contributed by atoms with van der Waals surface area (Å²) in [6.07, 6.45) is 11.5. The molecule has 4 aliphatic carbocycles. The van der Waals surface area contributed by atoms with Gasteiger partial charge in [0.25, 0.3) is 0 Å². The normalized spacial score (nSPS) is 37.0. The molecule has 21 heavy (non-hydrogen) atoms. The lowest BCUT2D eigenvalue weighted by Crippen LogP contribution is -2.59. The van der Waals surface area contributed by atoms with Gasteiger partial charge >= 0.3 is 0 Å². The molecule has 0 aliphatic heterocycles. The molecule has 2 heteroatoms. The van der Waals surface area contributed by atoms with Crippen LogP contribution in [0, 0.1) is 17.8 Å². The molecule has 0 radical (unpaired) electrons. The maximum Gasteiger partial charge on any atom is 0.244 e. The van der Waals surface area contributed by atoms with Crippen LogP contribution in [0.1, 0.15) is 44.1 Å². The van der Waals surface area contributed by atoms with Crippen LogP contribution in [0.2, 0.25) is 0 Å². The quantitative estimate of drug-likeness (QED) is 0.839. The fourth-order valence-corrected chi connectivity index (χ4v) is 5.30. The molecule has 0 atom stereocenters. The third-order valence-electron chi connectivity index (χ3n) is 5.65. The number of benzene rings is 1. The minimum absolute atomic E-state index is 0.0841. The van der Waals surface area contributed by atoms with Crippen molar-refractivity contribution < 1.29 is 4.79 Å². The summed E-state index contributed by atoms with van der Waals surface area (Å²) in [4.78, 5) is 12.3. The lowest BCUT2D eigenvalue weighted by Gasteiger charge is -2.56. The minimum atomic E-state index is 0.0841. The summed E-state index contributed by atoms with van der Waals surface area (Å²) in [5, 5.41) is 3.37. The van der Waals surface area contributed by atoms with E-state index in [4.69, 9.17) is 0 Å². The van der Waals surface area contributed by atoms with Crippen LogP contribution in [0.4, 0.5) is 0 Å². The van der Waals surface area contributed by atoms with Gasteiger partial charge < -0.3 is 5.32 Å². The van der Waals surface area contributed by atoms with Crippen LogP contribution in [0.3, 0.4) is 0 Å². The Morgan fingerprint density at radius 2 is 1.57 bits per heavy atom. The Balaban J connectivity index is 1.44. The average molecular weight is 281 g/mol. The molecule has 0 saturated heterocycles. The zero-order valence-corrected chi connectivity index (χ0v) is 12.4. The van der Waals surface area contributed by atoms with E-state index in [1.165, 1.54) is 38.5 Å². The second-order valence-electron chi connectivity index (χ2n) is 7.43. The number of hydrogen-bond donors (Lipinski definition) is 1. The molecule has 1 aromatic rings. The molecule has 0 aromatic heterocycles. The third kappa shape index (κ3) is 2.64. The summed E-state index contributed by atoms with van der Waals surface area (Å²) < 4.78 is 0. The van der Waals surface area contributed by atoms with Crippen LogP contribution in [0.25, 0.3) is 6.08 Å². The SMILES string of the molecule is O=C(/C=C/c1ccccc1)NC12CC3CC(CC(C3)C1)C2. The van der Waals surface area contributed by atoms with Crippen molar-refractivity contribution in [1.82, 2.24) is 5.32 Å². The minimum Gasteiger partial charge on any atom is -0.347 e. The molecule has 4 aliphatic rings. The molecular formula is C19H23NO. The Morgan fingerprint density at radius 3 is 2.14 bits per heavy atom. The largest absolute Gasteiger partial charge is 0.347 e. The number of carbonyl (C=O) groups excluding carboxylic acids is 1. The molecule has 1 aromatic carbocycles. The fourth-order valence-electron chi connectivity index (χ4n) is 5.30. The van der Waals surface area contributed by atoms with Gasteiger partial charge in [0.15, 0.2) is 0 Å². The molecule has 1 amide bonds. The van der Waals surface area contributed by atoms with E-state index in [0.29, 0.717) is 0 Å². The van der Waals surface area contributed by atoms with Gasteiger partial charge in [0, 0.05) is 11.6 Å². The van der Waals surface area contributed by atoms with Crippen LogP contribution < -0.4 is 5.32 Å². The molecule has 0 unspecified atom stereocenters. The zero-order valence-electron chi connectivity index (χ0n) is 12.4. The van der Waals surface area contributed by atoms with Crippen LogP contribution in [0.15, 0.2) is 36.4 Å². The van der Waals surface area contributed by atoms with Crippen molar-refractivity contribution in [1.29, 1.82) is 0 Å². The van der Waals surface area contributed by atoms with E-state index in [2.05, 4.69) is 5.32 Å². The van der Waals surface area contributed by atoms with Gasteiger partial charge in [-0.1, -0.05) is 30.3 Å². The van der Waals surface area contributed by atoms with Crippen molar-refractivity contribution in [2.75, 3.05) is 0 Å². The van der Waals surface area contributed by atoms with E-state index < -0.39 is 0 Å². The van der Waals surface area contributed by atoms with Crippen molar-refractivity contribution in [3.8, 4) is 0 Å². The molecule has 110 valence electrons. The summed E-state index contributed by atoms with van der Waals surface area (Å²) in [5.74, 6) is 2.69. The first-order valence-electron chi connectivity index (χ1n) is 8.26. The Bertz CT molecular complexity index is 525. The lowest BCUT2D eigenvalue weighted by molar-refractivity contribution is -0.122. The first-order valence-corrected chi connectivity index (χ1v) is 8.26. The molecule has 1 N–H and O–H groups in total. The molecule has 0 spiro atoms. The van der Waals surface area contributed by atoms with Gasteiger partial charge in [-0.25, -0.2) is 0 Å². The van der Waals surface area contributed by atoms with E-state index in [9.17, 15) is 4.79 Å². The second-order valence-corrected chi connectivity index (χ2v) is 7.43. The van der Waals surface area contributed by atoms with Crippen molar-refractivity contribution in [2.24, 2.45) is 17.8 Å². The molecule has 0 heterocycles. The summed E-state index contributed by atoms with van der Waals surface area (Å²) in [7, 11) is 0. The number of carbonyl (C=O) groups is 1. The summed E-state index contributed by atoms with van der Waals surface area (Å²) in [6, 6.07) is 10.0. The van der Waals surface area contributed by atoms with Gasteiger partial charge in [-0.3, -0.25) is 4.79 Å². The lowest BCUT2D eigenvalue weighted by atomic mass is 9.53. The van der Waals surface area contributed by atoms with Gasteiger partial charge in [-0.15, -0.1) is 0 Å². The predicted octanol–water partition coefficient (Wildman–Crippen LogP) is 3.78. The number of amides is 1. The summed E-state index contributed by atoms with van der Waals surface area (Å²) in [5.41, 5.74) is 1.20. The highest BCUT2D eigenvalue weighted by Crippen LogP contribution is 2.55. The summed E-state index contributed by atoms with van der Waals surface area (Å²) in [6.45, 7) is 0. The highest BCUT2D eigenvalue weighted by Gasteiger charge is 2.51. The molecular weight excluding hydrogens is 258 g/mol. The van der Waals surface area contributed by atoms with Gasteiger partial charge in [0.2, 0.25) is 5.91 Å². The zero-order chi connectivity index (χ0) is 14.3. The van der Waals surface area contributed by atoms with Gasteiger partial charge in [-0.2, -0.15) is 0 Å².